The molecule has 0 fully saturated rings. The molecule has 0 aliphatic carbocycles. The van der Waals surface area contributed by atoms with Gasteiger partial charge in [0.15, 0.2) is 6.61 Å². The van der Waals surface area contributed by atoms with Gasteiger partial charge in [-0.25, -0.2) is 0 Å². The van der Waals surface area contributed by atoms with Gasteiger partial charge >= 0.3 is 0 Å². The Hall–Kier alpha value is -3.51. The predicted molar refractivity (Wildman–Crippen MR) is 142 cm³/mol. The van der Waals surface area contributed by atoms with Crippen LogP contribution in [0, 0.1) is 0 Å². The minimum Gasteiger partial charge on any atom is -0.497 e. The van der Waals surface area contributed by atoms with Crippen molar-refractivity contribution in [3.05, 3.63) is 95.0 Å². The highest BCUT2D eigenvalue weighted by Gasteiger charge is 2.31. The van der Waals surface area contributed by atoms with E-state index in [4.69, 9.17) is 21.1 Å². The SMILES string of the molecule is CC[C@H](C)NC(=O)[C@@H](Cc1ccccc1)N(Cc1cccc(OC)c1)C(=O)COc1ccccc1Cl. The lowest BCUT2D eigenvalue weighted by atomic mass is 10.0. The highest BCUT2D eigenvalue weighted by molar-refractivity contribution is 6.32. The van der Waals surface area contributed by atoms with Crippen LogP contribution < -0.4 is 14.8 Å². The summed E-state index contributed by atoms with van der Waals surface area (Å²) in [7, 11) is 1.59. The lowest BCUT2D eigenvalue weighted by molar-refractivity contribution is -0.143. The van der Waals surface area contributed by atoms with Gasteiger partial charge in [-0.2, -0.15) is 0 Å². The summed E-state index contributed by atoms with van der Waals surface area (Å²) in [5, 5.41) is 3.47. The summed E-state index contributed by atoms with van der Waals surface area (Å²) in [4.78, 5) is 28.7. The average Bonchev–Trinajstić information content (AvgIpc) is 2.90. The van der Waals surface area contributed by atoms with Crippen molar-refractivity contribution in [1.29, 1.82) is 0 Å². The van der Waals surface area contributed by atoms with Gasteiger partial charge in [0.25, 0.3) is 5.91 Å². The highest BCUT2D eigenvalue weighted by Crippen LogP contribution is 2.24. The Morgan fingerprint density at radius 1 is 0.972 bits per heavy atom. The van der Waals surface area contributed by atoms with Crippen LogP contribution in [0.5, 0.6) is 11.5 Å². The number of rotatable bonds is 12. The highest BCUT2D eigenvalue weighted by atomic mass is 35.5. The first kappa shape index (κ1) is 27.1. The van der Waals surface area contributed by atoms with Crippen LogP contribution in [-0.4, -0.2) is 42.5 Å². The van der Waals surface area contributed by atoms with Crippen molar-refractivity contribution in [1.82, 2.24) is 10.2 Å². The fourth-order valence-corrected chi connectivity index (χ4v) is 3.94. The quantitative estimate of drug-likeness (QED) is 0.361. The largest absolute Gasteiger partial charge is 0.497 e. The van der Waals surface area contributed by atoms with E-state index in [1.165, 1.54) is 0 Å². The number of carbonyl (C=O) groups excluding carboxylic acids is 2. The maximum absolute atomic E-state index is 13.6. The maximum Gasteiger partial charge on any atom is 0.261 e. The summed E-state index contributed by atoms with van der Waals surface area (Å²) < 4.78 is 11.1. The molecule has 0 saturated carbocycles. The Kier molecular flexibility index (Phi) is 10.2. The van der Waals surface area contributed by atoms with Crippen molar-refractivity contribution in [2.45, 2.75) is 45.3 Å². The van der Waals surface area contributed by atoms with Gasteiger partial charge in [-0.1, -0.05) is 73.1 Å². The first-order valence-electron chi connectivity index (χ1n) is 12.0. The van der Waals surface area contributed by atoms with Crippen molar-refractivity contribution >= 4 is 23.4 Å². The molecular formula is C29H33ClN2O4. The normalized spacial score (nSPS) is 12.3. The number of carbonyl (C=O) groups is 2. The van der Waals surface area contributed by atoms with E-state index < -0.39 is 6.04 Å². The second kappa shape index (κ2) is 13.5. The fraction of sp³-hybridized carbons (Fsp3) is 0.310. The van der Waals surface area contributed by atoms with Crippen molar-refractivity contribution in [3.8, 4) is 11.5 Å². The van der Waals surface area contributed by atoms with Gasteiger partial charge < -0.3 is 19.7 Å². The van der Waals surface area contributed by atoms with Crippen LogP contribution in [0.2, 0.25) is 5.02 Å². The summed E-state index contributed by atoms with van der Waals surface area (Å²) in [6, 6.07) is 23.4. The molecule has 3 aromatic carbocycles. The number of nitrogens with one attached hydrogen (secondary N) is 1. The Morgan fingerprint density at radius 3 is 2.36 bits per heavy atom. The second-order valence-corrected chi connectivity index (χ2v) is 9.02. The third-order valence-electron chi connectivity index (χ3n) is 5.95. The van der Waals surface area contributed by atoms with Crippen LogP contribution in [-0.2, 0) is 22.6 Å². The Labute approximate surface area is 218 Å². The lowest BCUT2D eigenvalue weighted by Crippen LogP contribution is -2.53. The summed E-state index contributed by atoms with van der Waals surface area (Å²) in [6.45, 7) is 3.92. The van der Waals surface area contributed by atoms with E-state index in [1.54, 1.807) is 36.3 Å². The topological polar surface area (TPSA) is 67.9 Å². The molecule has 6 nitrogen and oxygen atoms in total. The zero-order chi connectivity index (χ0) is 25.9. The Bertz CT molecular complexity index is 1140. The van der Waals surface area contributed by atoms with Crippen molar-refractivity contribution in [2.24, 2.45) is 0 Å². The molecule has 0 aliphatic heterocycles. The first-order valence-corrected chi connectivity index (χ1v) is 12.4. The molecule has 0 spiro atoms. The molecule has 190 valence electrons. The standard InChI is InChI=1S/C29H33ClN2O4/c1-4-21(2)31-29(34)26(18-22-11-6-5-7-12-22)32(19-23-13-10-14-24(17-23)35-3)28(33)20-36-27-16-9-8-15-25(27)30/h5-17,21,26H,4,18-20H2,1-3H3,(H,31,34)/t21-,26+/m0/s1. The van der Waals surface area contributed by atoms with Gasteiger partial charge in [-0.3, -0.25) is 9.59 Å². The number of halogens is 1. The van der Waals surface area contributed by atoms with Gasteiger partial charge in [0.05, 0.1) is 12.1 Å². The van der Waals surface area contributed by atoms with E-state index in [9.17, 15) is 9.59 Å². The zero-order valence-electron chi connectivity index (χ0n) is 20.9. The van der Waals surface area contributed by atoms with Crippen LogP contribution in [0.15, 0.2) is 78.9 Å². The van der Waals surface area contributed by atoms with E-state index in [0.717, 1.165) is 17.5 Å². The molecule has 2 atom stereocenters. The summed E-state index contributed by atoms with van der Waals surface area (Å²) >= 11 is 6.22. The molecule has 1 N–H and O–H groups in total. The molecular weight excluding hydrogens is 476 g/mol. The van der Waals surface area contributed by atoms with E-state index in [2.05, 4.69) is 5.32 Å². The molecule has 0 aromatic heterocycles. The number of methoxy groups -OCH3 is 1. The van der Waals surface area contributed by atoms with Crippen molar-refractivity contribution in [2.75, 3.05) is 13.7 Å². The minimum atomic E-state index is -0.741. The summed E-state index contributed by atoms with van der Waals surface area (Å²) in [5.41, 5.74) is 1.80. The van der Waals surface area contributed by atoms with Gasteiger partial charge in [-0.05, 0) is 48.7 Å². The van der Waals surface area contributed by atoms with E-state index in [0.29, 0.717) is 22.9 Å². The fourth-order valence-electron chi connectivity index (χ4n) is 3.75. The molecule has 0 bridgehead atoms. The van der Waals surface area contributed by atoms with Gasteiger partial charge in [0.1, 0.15) is 17.5 Å². The molecule has 3 rings (SSSR count). The molecule has 0 aliphatic rings. The average molecular weight is 509 g/mol. The number of nitrogens with zero attached hydrogens (tertiary/aromatic N) is 1. The summed E-state index contributed by atoms with van der Waals surface area (Å²) in [5.74, 6) is 0.563. The Balaban J connectivity index is 1.94. The lowest BCUT2D eigenvalue weighted by Gasteiger charge is -2.32. The van der Waals surface area contributed by atoms with Crippen LogP contribution in [0.1, 0.15) is 31.4 Å². The van der Waals surface area contributed by atoms with Gasteiger partial charge in [0.2, 0.25) is 5.91 Å². The van der Waals surface area contributed by atoms with Crippen molar-refractivity contribution in [3.63, 3.8) is 0 Å². The monoisotopic (exact) mass is 508 g/mol. The molecule has 0 heterocycles. The van der Waals surface area contributed by atoms with Crippen molar-refractivity contribution < 1.29 is 19.1 Å². The van der Waals surface area contributed by atoms with Crippen LogP contribution >= 0.6 is 11.6 Å². The number of hydrogen-bond acceptors (Lipinski definition) is 4. The minimum absolute atomic E-state index is 0.0241. The number of para-hydroxylation sites is 1. The molecule has 36 heavy (non-hydrogen) atoms. The number of ether oxygens (including phenoxy) is 2. The van der Waals surface area contributed by atoms with Gasteiger partial charge in [0, 0.05) is 19.0 Å². The maximum atomic E-state index is 13.6. The molecule has 2 amide bonds. The van der Waals surface area contributed by atoms with Crippen LogP contribution in [0.25, 0.3) is 0 Å². The zero-order valence-corrected chi connectivity index (χ0v) is 21.7. The third kappa shape index (κ3) is 7.75. The summed E-state index contributed by atoms with van der Waals surface area (Å²) in [6.07, 6.45) is 1.15. The molecule has 0 radical (unpaired) electrons. The molecule has 3 aromatic rings. The third-order valence-corrected chi connectivity index (χ3v) is 6.26. The first-order chi connectivity index (χ1) is 17.4. The Morgan fingerprint density at radius 2 is 1.67 bits per heavy atom. The van der Waals surface area contributed by atoms with E-state index in [-0.39, 0.29) is 31.0 Å². The van der Waals surface area contributed by atoms with E-state index in [1.807, 2.05) is 68.4 Å². The second-order valence-electron chi connectivity index (χ2n) is 8.62. The smallest absolute Gasteiger partial charge is 0.261 e. The predicted octanol–water partition coefficient (Wildman–Crippen LogP) is 5.28. The van der Waals surface area contributed by atoms with Crippen LogP contribution in [0.3, 0.4) is 0 Å². The van der Waals surface area contributed by atoms with Crippen LogP contribution in [0.4, 0.5) is 0 Å². The molecule has 0 unspecified atom stereocenters. The number of amides is 2. The molecule has 7 heteroatoms. The van der Waals surface area contributed by atoms with E-state index >= 15 is 0 Å². The number of benzene rings is 3. The number of hydrogen-bond donors (Lipinski definition) is 1. The van der Waals surface area contributed by atoms with Gasteiger partial charge in [-0.15, -0.1) is 0 Å². The molecule has 0 saturated heterocycles.